The molecule has 1 aromatic carbocycles. The van der Waals surface area contributed by atoms with Crippen LogP contribution in [0.3, 0.4) is 0 Å². The number of aromatic nitrogens is 6. The highest BCUT2D eigenvalue weighted by Gasteiger charge is 2.36. The zero-order valence-corrected chi connectivity index (χ0v) is 29.1. The van der Waals surface area contributed by atoms with Gasteiger partial charge in [0.2, 0.25) is 11.7 Å². The van der Waals surface area contributed by atoms with Gasteiger partial charge in [0.25, 0.3) is 11.5 Å². The molecule has 0 bridgehead atoms. The quantitative estimate of drug-likeness (QED) is 0.249. The topological polar surface area (TPSA) is 174 Å². The van der Waals surface area contributed by atoms with Crippen LogP contribution in [0.1, 0.15) is 59.2 Å². The predicted molar refractivity (Wildman–Crippen MR) is 184 cm³/mol. The summed E-state index contributed by atoms with van der Waals surface area (Å²) < 4.78 is 64.6. The number of hydrogen-bond acceptors (Lipinski definition) is 11. The number of ether oxygens (including phenoxy) is 1. The molecule has 5 aromatic rings. The van der Waals surface area contributed by atoms with Crippen molar-refractivity contribution in [3.63, 3.8) is 0 Å². The highest BCUT2D eigenvalue weighted by atomic mass is 35.5. The van der Waals surface area contributed by atoms with E-state index < -0.39 is 46.7 Å². The van der Waals surface area contributed by atoms with Crippen molar-refractivity contribution in [3.05, 3.63) is 84.6 Å². The highest BCUT2D eigenvalue weighted by molar-refractivity contribution is 7.15. The normalized spacial score (nSPS) is 17.1. The molecule has 0 saturated carbocycles. The monoisotopic (exact) mass is 759 g/mol. The predicted octanol–water partition coefficient (Wildman–Crippen LogP) is 3.77. The molecule has 2 aliphatic heterocycles. The summed E-state index contributed by atoms with van der Waals surface area (Å²) in [6.45, 7) is 1.82. The van der Waals surface area contributed by atoms with Gasteiger partial charge in [0.1, 0.15) is 18.1 Å². The van der Waals surface area contributed by atoms with E-state index in [2.05, 4.69) is 20.1 Å². The molecule has 6 heterocycles. The number of anilines is 1. The Morgan fingerprint density at radius 3 is 2.62 bits per heavy atom. The molecule has 0 aliphatic carbocycles. The van der Waals surface area contributed by atoms with Crippen molar-refractivity contribution in [2.24, 2.45) is 5.73 Å². The molecule has 0 spiro atoms. The van der Waals surface area contributed by atoms with Crippen LogP contribution in [0.25, 0.3) is 16.5 Å². The number of aryl methyl sites for hydroxylation is 2. The lowest BCUT2D eigenvalue weighted by Gasteiger charge is -2.37. The number of nitrogens with two attached hydrogens (primary N) is 1. The van der Waals surface area contributed by atoms with Gasteiger partial charge in [-0.1, -0.05) is 24.6 Å². The summed E-state index contributed by atoms with van der Waals surface area (Å²) in [5, 5.41) is 14.6. The van der Waals surface area contributed by atoms with Crippen LogP contribution in [-0.2, 0) is 35.2 Å². The van der Waals surface area contributed by atoms with Gasteiger partial charge in [0, 0.05) is 41.6 Å². The average Bonchev–Trinajstić information content (AvgIpc) is 3.75. The molecule has 2 amide bonds. The van der Waals surface area contributed by atoms with E-state index in [1.54, 1.807) is 17.9 Å². The first-order valence-electron chi connectivity index (χ1n) is 17.0. The van der Waals surface area contributed by atoms with Crippen molar-refractivity contribution in [1.29, 1.82) is 0 Å². The SMILES string of the molecule is [2H]C1([2H])Cc2cc(-c3nc4n(C(C(N)=O)c5ccc(C(F)(F)F)cc5Cl)c(CC)c(N5CCN(C(=O)c6ncnc(C)c6O)CC5)c(=O)n4n3)sc2CO1. The lowest BCUT2D eigenvalue weighted by atomic mass is 10.0. The Balaban J connectivity index is 1.37. The summed E-state index contributed by atoms with van der Waals surface area (Å²) in [5.74, 6) is -1.96. The number of alkyl halides is 3. The molecule has 272 valence electrons. The van der Waals surface area contributed by atoms with Crippen LogP contribution in [0.2, 0.25) is 5.02 Å². The van der Waals surface area contributed by atoms with E-state index in [9.17, 15) is 32.7 Å². The second kappa shape index (κ2) is 13.5. The Hall–Kier alpha value is -5.07. The van der Waals surface area contributed by atoms with Gasteiger partial charge in [-0.2, -0.15) is 22.7 Å². The Morgan fingerprint density at radius 1 is 1.19 bits per heavy atom. The van der Waals surface area contributed by atoms with E-state index in [1.165, 1.54) is 34.1 Å². The smallest absolute Gasteiger partial charge is 0.416 e. The van der Waals surface area contributed by atoms with Gasteiger partial charge >= 0.3 is 6.18 Å². The molecule has 19 heteroatoms. The van der Waals surface area contributed by atoms with Crippen molar-refractivity contribution in [1.82, 2.24) is 34.0 Å². The Morgan fingerprint density at radius 2 is 1.94 bits per heavy atom. The fourth-order valence-electron chi connectivity index (χ4n) is 6.43. The van der Waals surface area contributed by atoms with Crippen molar-refractivity contribution in [2.45, 2.75) is 45.5 Å². The van der Waals surface area contributed by atoms with Crippen molar-refractivity contribution in [3.8, 4) is 16.5 Å². The van der Waals surface area contributed by atoms with Crippen LogP contribution < -0.4 is 16.2 Å². The van der Waals surface area contributed by atoms with E-state index in [4.69, 9.17) is 24.8 Å². The van der Waals surface area contributed by atoms with Crippen LogP contribution in [-0.4, -0.2) is 83.7 Å². The van der Waals surface area contributed by atoms with Crippen molar-refractivity contribution >= 4 is 46.2 Å². The van der Waals surface area contributed by atoms with Gasteiger partial charge in [-0.25, -0.2) is 9.97 Å². The molecule has 7 rings (SSSR count). The third kappa shape index (κ3) is 6.13. The second-order valence-electron chi connectivity index (χ2n) is 12.1. The van der Waals surface area contributed by atoms with E-state index in [0.717, 1.165) is 21.5 Å². The zero-order chi connectivity index (χ0) is 38.9. The first kappa shape index (κ1) is 32.8. The van der Waals surface area contributed by atoms with Gasteiger partial charge in [0.15, 0.2) is 17.3 Å². The molecule has 1 unspecified atom stereocenters. The molecule has 2 aliphatic rings. The molecule has 1 saturated heterocycles. The van der Waals surface area contributed by atoms with Gasteiger partial charge < -0.3 is 25.4 Å². The molecule has 3 N–H and O–H groups in total. The number of halogens is 4. The standard InChI is InChI=1S/C33H31ClF3N9O5S/c1-3-21-26(43-7-9-44(10-8-43)30(49)24-27(47)16(2)39-15-40-24)31(50)46-32(41-29(42-46)22-12-17-6-11-51-14-23(17)52-22)45(21)25(28(38)48)19-5-4-18(13-20(19)34)33(35,36)37/h4-5,12-13,15,25,47H,3,6-11,14H2,1-2H3,(H2,38,48)/i11D2. The number of aromatic hydroxyl groups is 1. The number of rotatable bonds is 7. The second-order valence-corrected chi connectivity index (χ2v) is 13.7. The Labute approximate surface area is 305 Å². The lowest BCUT2D eigenvalue weighted by molar-refractivity contribution is -0.137. The summed E-state index contributed by atoms with van der Waals surface area (Å²) >= 11 is 7.69. The molecular formula is C33H31ClF3N9O5S. The van der Waals surface area contributed by atoms with Crippen LogP contribution >= 0.6 is 22.9 Å². The van der Waals surface area contributed by atoms with Gasteiger partial charge in [-0.05, 0) is 43.5 Å². The van der Waals surface area contributed by atoms with Crippen LogP contribution in [0.4, 0.5) is 18.9 Å². The molecule has 4 aromatic heterocycles. The maximum Gasteiger partial charge on any atom is 0.416 e. The fraction of sp³-hybridized carbons (Fsp3) is 0.364. The van der Waals surface area contributed by atoms with E-state index >= 15 is 0 Å². The summed E-state index contributed by atoms with van der Waals surface area (Å²) in [4.78, 5) is 58.2. The average molecular weight is 760 g/mol. The number of fused-ring (bicyclic) bond motifs is 2. The number of primary amides is 1. The van der Waals surface area contributed by atoms with Crippen LogP contribution in [0.5, 0.6) is 5.75 Å². The van der Waals surface area contributed by atoms with Gasteiger partial charge in [0.05, 0.1) is 37.7 Å². The summed E-state index contributed by atoms with van der Waals surface area (Å²) in [6.07, 6.45) is -3.47. The van der Waals surface area contributed by atoms with Crippen LogP contribution in [0, 0.1) is 6.92 Å². The first-order chi connectivity index (χ1) is 25.5. The summed E-state index contributed by atoms with van der Waals surface area (Å²) in [6, 6.07) is 2.68. The molecular weight excluding hydrogens is 727 g/mol. The number of nitrogens with zero attached hydrogens (tertiary/aromatic N) is 8. The largest absolute Gasteiger partial charge is 0.504 e. The maximum atomic E-state index is 14.5. The molecule has 0 radical (unpaired) electrons. The van der Waals surface area contributed by atoms with E-state index in [0.29, 0.717) is 16.5 Å². The summed E-state index contributed by atoms with van der Waals surface area (Å²) in [5.41, 5.74) is 5.35. The summed E-state index contributed by atoms with van der Waals surface area (Å²) in [7, 11) is 0. The number of piperazine rings is 1. The Bertz CT molecular complexity index is 2400. The molecule has 52 heavy (non-hydrogen) atoms. The van der Waals surface area contributed by atoms with Gasteiger partial charge in [-0.15, -0.1) is 16.4 Å². The third-order valence-corrected chi connectivity index (χ3v) is 10.5. The lowest BCUT2D eigenvalue weighted by Crippen LogP contribution is -2.51. The minimum Gasteiger partial charge on any atom is -0.504 e. The number of carbonyl (C=O) groups excluding carboxylic acids is 2. The first-order valence-corrected chi connectivity index (χ1v) is 17.2. The highest BCUT2D eigenvalue weighted by Crippen LogP contribution is 2.38. The van der Waals surface area contributed by atoms with E-state index in [1.807, 2.05) is 0 Å². The molecule has 1 fully saturated rings. The Kier molecular flexibility index (Phi) is 8.51. The zero-order valence-electron chi connectivity index (χ0n) is 29.6. The van der Waals surface area contributed by atoms with E-state index in [-0.39, 0.29) is 91.3 Å². The minimum atomic E-state index is -4.72. The third-order valence-electron chi connectivity index (χ3n) is 9.03. The van der Waals surface area contributed by atoms with Crippen molar-refractivity contribution in [2.75, 3.05) is 37.6 Å². The molecule has 14 nitrogen and oxygen atoms in total. The number of hydrogen-bond donors (Lipinski definition) is 2. The fourth-order valence-corrected chi connectivity index (χ4v) is 7.74. The van der Waals surface area contributed by atoms with Gasteiger partial charge in [-0.3, -0.25) is 19.0 Å². The number of benzene rings is 1. The van der Waals surface area contributed by atoms with Crippen molar-refractivity contribution < 1.29 is 35.3 Å². The number of thiophene rings is 1. The molecule has 1 atom stereocenters. The number of carbonyl (C=O) groups is 2. The van der Waals surface area contributed by atoms with Crippen LogP contribution in [0.15, 0.2) is 35.4 Å². The maximum absolute atomic E-state index is 14.5. The number of amides is 2. The minimum absolute atomic E-state index is 0.0123.